The van der Waals surface area contributed by atoms with Crippen LogP contribution in [0.4, 0.5) is 0 Å². The zero-order chi connectivity index (χ0) is 13.1. The zero-order valence-electron chi connectivity index (χ0n) is 10.3. The molecule has 1 unspecified atom stereocenters. The fraction of sp³-hybridized carbons (Fsp3) is 0.200. The summed E-state index contributed by atoms with van der Waals surface area (Å²) in [7, 11) is 1.66. The normalized spacial score (nSPS) is 12.2. The number of methoxy groups -OCH3 is 1. The van der Waals surface area contributed by atoms with Gasteiger partial charge in [0, 0.05) is 5.02 Å². The van der Waals surface area contributed by atoms with Crippen LogP contribution in [0.25, 0.3) is 0 Å². The first-order valence-electron chi connectivity index (χ1n) is 5.66. The highest BCUT2D eigenvalue weighted by atomic mass is 35.5. The molecule has 0 saturated heterocycles. The molecule has 2 rings (SSSR count). The van der Waals surface area contributed by atoms with Crippen LogP contribution in [0.1, 0.15) is 22.1 Å². The van der Waals surface area contributed by atoms with Gasteiger partial charge in [0.1, 0.15) is 5.75 Å². The molecule has 0 aliphatic carbocycles. The van der Waals surface area contributed by atoms with Crippen LogP contribution >= 0.6 is 23.2 Å². The lowest BCUT2D eigenvalue weighted by atomic mass is 10.0. The van der Waals surface area contributed by atoms with Crippen LogP contribution in [0.5, 0.6) is 5.75 Å². The number of benzene rings is 2. The number of ether oxygens (including phenoxy) is 1. The average Bonchev–Trinajstić information content (AvgIpc) is 2.38. The molecule has 0 amide bonds. The maximum atomic E-state index is 6.48. The van der Waals surface area contributed by atoms with Crippen LogP contribution in [-0.4, -0.2) is 7.11 Å². The van der Waals surface area contributed by atoms with E-state index in [2.05, 4.69) is 0 Å². The zero-order valence-corrected chi connectivity index (χ0v) is 11.8. The summed E-state index contributed by atoms with van der Waals surface area (Å²) in [6.07, 6.45) is 0. The van der Waals surface area contributed by atoms with Gasteiger partial charge in [0.05, 0.1) is 12.5 Å². The van der Waals surface area contributed by atoms with Gasteiger partial charge in [-0.25, -0.2) is 0 Å². The Labute approximate surface area is 117 Å². The van der Waals surface area contributed by atoms with E-state index in [1.807, 2.05) is 49.4 Å². The average molecular weight is 281 g/mol. The number of aryl methyl sites for hydroxylation is 1. The molecule has 0 radical (unpaired) electrons. The highest BCUT2D eigenvalue weighted by Gasteiger charge is 2.14. The summed E-state index contributed by atoms with van der Waals surface area (Å²) in [5.74, 6) is 0.863. The maximum Gasteiger partial charge on any atom is 0.121 e. The topological polar surface area (TPSA) is 9.23 Å². The van der Waals surface area contributed by atoms with Crippen molar-refractivity contribution in [3.05, 3.63) is 64.2 Å². The van der Waals surface area contributed by atoms with E-state index in [1.165, 1.54) is 0 Å². The molecule has 94 valence electrons. The van der Waals surface area contributed by atoms with E-state index in [9.17, 15) is 0 Å². The number of rotatable bonds is 3. The molecule has 0 saturated carbocycles. The van der Waals surface area contributed by atoms with E-state index in [0.29, 0.717) is 5.02 Å². The molecule has 0 aromatic heterocycles. The Hall–Kier alpha value is -1.18. The quantitative estimate of drug-likeness (QED) is 0.720. The predicted molar refractivity (Wildman–Crippen MR) is 76.9 cm³/mol. The Morgan fingerprint density at radius 2 is 1.83 bits per heavy atom. The second kappa shape index (κ2) is 5.64. The second-order valence-corrected chi connectivity index (χ2v) is 4.96. The van der Waals surface area contributed by atoms with Crippen LogP contribution in [0.3, 0.4) is 0 Å². The lowest BCUT2D eigenvalue weighted by Gasteiger charge is -2.14. The van der Waals surface area contributed by atoms with Gasteiger partial charge in [0.2, 0.25) is 0 Å². The van der Waals surface area contributed by atoms with Gasteiger partial charge in [-0.15, -0.1) is 11.6 Å². The minimum atomic E-state index is -0.247. The van der Waals surface area contributed by atoms with Crippen LogP contribution in [0, 0.1) is 6.92 Å². The lowest BCUT2D eigenvalue weighted by Crippen LogP contribution is -1.96. The fourth-order valence-electron chi connectivity index (χ4n) is 1.92. The van der Waals surface area contributed by atoms with E-state index in [0.717, 1.165) is 22.4 Å². The van der Waals surface area contributed by atoms with Gasteiger partial charge in [-0.05, 0) is 35.7 Å². The van der Waals surface area contributed by atoms with Crippen LogP contribution < -0.4 is 4.74 Å². The minimum absolute atomic E-state index is 0.247. The number of hydrogen-bond acceptors (Lipinski definition) is 1. The molecule has 0 N–H and O–H groups in total. The highest BCUT2D eigenvalue weighted by Crippen LogP contribution is 2.35. The summed E-state index contributed by atoms with van der Waals surface area (Å²) in [4.78, 5) is 0. The lowest BCUT2D eigenvalue weighted by molar-refractivity contribution is 0.411. The molecule has 0 heterocycles. The second-order valence-electron chi connectivity index (χ2n) is 4.11. The monoisotopic (exact) mass is 280 g/mol. The Kier molecular flexibility index (Phi) is 4.15. The first-order valence-corrected chi connectivity index (χ1v) is 6.48. The SMILES string of the molecule is COc1ccc(C(Cl)c2ccccc2Cl)cc1C. The smallest absolute Gasteiger partial charge is 0.121 e. The van der Waals surface area contributed by atoms with Crippen molar-refractivity contribution in [3.63, 3.8) is 0 Å². The number of halogens is 2. The first-order chi connectivity index (χ1) is 8.63. The standard InChI is InChI=1S/C15H14Cl2O/c1-10-9-11(7-8-14(10)18-2)15(17)12-5-3-4-6-13(12)16/h3-9,15H,1-2H3. The van der Waals surface area contributed by atoms with Gasteiger partial charge in [-0.2, -0.15) is 0 Å². The summed E-state index contributed by atoms with van der Waals surface area (Å²) in [6, 6.07) is 13.5. The van der Waals surface area contributed by atoms with Crippen molar-refractivity contribution < 1.29 is 4.74 Å². The summed E-state index contributed by atoms with van der Waals surface area (Å²) >= 11 is 12.6. The molecule has 1 nitrogen and oxygen atoms in total. The van der Waals surface area contributed by atoms with E-state index in [1.54, 1.807) is 7.11 Å². The van der Waals surface area contributed by atoms with Crippen molar-refractivity contribution in [2.45, 2.75) is 12.3 Å². The summed E-state index contributed by atoms with van der Waals surface area (Å²) in [5, 5.41) is 0.439. The molecule has 2 aromatic carbocycles. The largest absolute Gasteiger partial charge is 0.496 e. The molecule has 0 aliphatic heterocycles. The molecule has 0 fully saturated rings. The molecule has 2 aromatic rings. The maximum absolute atomic E-state index is 6.48. The fourth-order valence-corrected chi connectivity index (χ4v) is 2.55. The van der Waals surface area contributed by atoms with Gasteiger partial charge in [-0.1, -0.05) is 41.9 Å². The van der Waals surface area contributed by atoms with Crippen LogP contribution in [0.2, 0.25) is 5.02 Å². The number of hydrogen-bond donors (Lipinski definition) is 0. The van der Waals surface area contributed by atoms with Crippen molar-refractivity contribution in [1.29, 1.82) is 0 Å². The highest BCUT2D eigenvalue weighted by molar-refractivity contribution is 6.33. The van der Waals surface area contributed by atoms with Gasteiger partial charge in [0.25, 0.3) is 0 Å². The van der Waals surface area contributed by atoms with Crippen molar-refractivity contribution in [1.82, 2.24) is 0 Å². The van der Waals surface area contributed by atoms with Crippen LogP contribution in [0.15, 0.2) is 42.5 Å². The van der Waals surface area contributed by atoms with Gasteiger partial charge < -0.3 is 4.74 Å². The predicted octanol–water partition coefficient (Wildman–Crippen LogP) is 4.99. The Balaban J connectivity index is 2.37. The first kappa shape index (κ1) is 13.3. The summed E-state index contributed by atoms with van der Waals surface area (Å²) in [5.41, 5.74) is 3.00. The van der Waals surface area contributed by atoms with Crippen molar-refractivity contribution >= 4 is 23.2 Å². The third-order valence-electron chi connectivity index (χ3n) is 2.89. The Morgan fingerprint density at radius 1 is 1.11 bits per heavy atom. The van der Waals surface area contributed by atoms with Crippen LogP contribution in [-0.2, 0) is 0 Å². The van der Waals surface area contributed by atoms with Crippen molar-refractivity contribution in [2.24, 2.45) is 0 Å². The van der Waals surface area contributed by atoms with Gasteiger partial charge >= 0.3 is 0 Å². The number of alkyl halides is 1. The Morgan fingerprint density at radius 3 is 2.44 bits per heavy atom. The van der Waals surface area contributed by atoms with E-state index < -0.39 is 0 Å². The van der Waals surface area contributed by atoms with E-state index >= 15 is 0 Å². The summed E-state index contributed by atoms with van der Waals surface area (Å²) < 4.78 is 5.24. The van der Waals surface area contributed by atoms with Gasteiger partial charge in [0.15, 0.2) is 0 Å². The minimum Gasteiger partial charge on any atom is -0.496 e. The third kappa shape index (κ3) is 2.63. The van der Waals surface area contributed by atoms with Crippen molar-refractivity contribution in [2.75, 3.05) is 7.11 Å². The third-order valence-corrected chi connectivity index (χ3v) is 3.72. The molecule has 0 spiro atoms. The van der Waals surface area contributed by atoms with Crippen molar-refractivity contribution in [3.8, 4) is 5.75 Å². The van der Waals surface area contributed by atoms with E-state index in [-0.39, 0.29) is 5.38 Å². The van der Waals surface area contributed by atoms with E-state index in [4.69, 9.17) is 27.9 Å². The molecule has 1 atom stereocenters. The molecular formula is C15H14Cl2O. The molecule has 3 heteroatoms. The molecular weight excluding hydrogens is 267 g/mol. The molecule has 0 bridgehead atoms. The van der Waals surface area contributed by atoms with Gasteiger partial charge in [-0.3, -0.25) is 0 Å². The summed E-state index contributed by atoms with van der Waals surface area (Å²) in [6.45, 7) is 2.00. The molecule has 18 heavy (non-hydrogen) atoms. The Bertz CT molecular complexity index is 552. The molecule has 0 aliphatic rings.